The maximum Gasteiger partial charge on any atom is 0.291 e. The van der Waals surface area contributed by atoms with Crippen LogP contribution in [0.5, 0.6) is 0 Å². The van der Waals surface area contributed by atoms with Crippen LogP contribution in [0.15, 0.2) is 29.3 Å². The Hall–Kier alpha value is -1.88. The summed E-state index contributed by atoms with van der Waals surface area (Å²) < 4.78 is 13.0. The topological polar surface area (TPSA) is 48.6 Å². The molecule has 0 bridgehead atoms. The van der Waals surface area contributed by atoms with Crippen molar-refractivity contribution < 1.29 is 9.47 Å². The summed E-state index contributed by atoms with van der Waals surface area (Å²) in [5.41, 5.74) is 1.87. The summed E-state index contributed by atoms with van der Waals surface area (Å²) in [5, 5.41) is 0. The van der Waals surface area contributed by atoms with Crippen LogP contribution in [0.4, 0.5) is 5.95 Å². The number of aromatic nitrogens is 2. The van der Waals surface area contributed by atoms with Crippen LogP contribution in [0.25, 0.3) is 11.0 Å². The van der Waals surface area contributed by atoms with E-state index in [1.807, 2.05) is 35.8 Å². The van der Waals surface area contributed by atoms with Gasteiger partial charge < -0.3 is 9.47 Å². The molecule has 0 spiro atoms. The lowest BCUT2D eigenvalue weighted by atomic mass is 10.3. The van der Waals surface area contributed by atoms with Crippen molar-refractivity contribution in [1.29, 1.82) is 0 Å². The fourth-order valence-electron chi connectivity index (χ4n) is 1.94. The molecule has 5 heteroatoms. The molecule has 0 saturated carbocycles. The molecule has 1 aliphatic rings. The minimum atomic E-state index is -0.472. The predicted octanol–water partition coefficient (Wildman–Crippen LogP) is 2.61. The van der Waals surface area contributed by atoms with E-state index >= 15 is 0 Å². The van der Waals surface area contributed by atoms with Crippen molar-refractivity contribution in [3.05, 3.63) is 24.3 Å². The molecule has 5 nitrogen and oxygen atoms in total. The second-order valence-corrected chi connectivity index (χ2v) is 3.78. The Balaban J connectivity index is 2.22. The SMILES string of the molecule is CCOC1OC(C)=Nc2nc3ccccc3n21. The molecule has 0 saturated heterocycles. The first kappa shape index (κ1) is 10.3. The van der Waals surface area contributed by atoms with Crippen LogP contribution >= 0.6 is 0 Å². The van der Waals surface area contributed by atoms with E-state index in [2.05, 4.69) is 9.98 Å². The predicted molar refractivity (Wildman–Crippen MR) is 64.3 cm³/mol. The van der Waals surface area contributed by atoms with Gasteiger partial charge in [-0.25, -0.2) is 9.55 Å². The van der Waals surface area contributed by atoms with Gasteiger partial charge in [0.1, 0.15) is 0 Å². The van der Waals surface area contributed by atoms with E-state index in [0.717, 1.165) is 11.0 Å². The number of ether oxygens (including phenoxy) is 2. The largest absolute Gasteiger partial charge is 0.433 e. The van der Waals surface area contributed by atoms with Gasteiger partial charge >= 0.3 is 0 Å². The van der Waals surface area contributed by atoms with Gasteiger partial charge in [-0.1, -0.05) is 12.1 Å². The van der Waals surface area contributed by atoms with Crippen LogP contribution in [0.1, 0.15) is 20.3 Å². The third-order valence-electron chi connectivity index (χ3n) is 2.63. The number of para-hydroxylation sites is 2. The van der Waals surface area contributed by atoms with Crippen LogP contribution in [0, 0.1) is 0 Å². The molecular weight excluding hydrogens is 218 g/mol. The smallest absolute Gasteiger partial charge is 0.291 e. The minimum absolute atomic E-state index is 0.472. The van der Waals surface area contributed by atoms with E-state index in [0.29, 0.717) is 18.5 Å². The normalized spacial score (nSPS) is 18.7. The third-order valence-corrected chi connectivity index (χ3v) is 2.63. The number of nitrogens with zero attached hydrogens (tertiary/aromatic N) is 3. The molecule has 0 N–H and O–H groups in total. The van der Waals surface area contributed by atoms with Crippen molar-refractivity contribution in [3.8, 4) is 0 Å². The molecule has 1 aromatic heterocycles. The molecule has 2 aromatic rings. The zero-order chi connectivity index (χ0) is 11.8. The molecule has 88 valence electrons. The highest BCUT2D eigenvalue weighted by Gasteiger charge is 2.24. The molecule has 2 heterocycles. The van der Waals surface area contributed by atoms with E-state index in [1.165, 1.54) is 0 Å². The highest BCUT2D eigenvalue weighted by Crippen LogP contribution is 2.31. The van der Waals surface area contributed by atoms with E-state index in [1.54, 1.807) is 6.92 Å². The molecule has 0 fully saturated rings. The number of imidazole rings is 1. The fourth-order valence-corrected chi connectivity index (χ4v) is 1.94. The Morgan fingerprint density at radius 3 is 3.06 bits per heavy atom. The van der Waals surface area contributed by atoms with Gasteiger partial charge in [-0.2, -0.15) is 4.99 Å². The van der Waals surface area contributed by atoms with Crippen molar-refractivity contribution in [3.63, 3.8) is 0 Å². The van der Waals surface area contributed by atoms with E-state index in [9.17, 15) is 0 Å². The second-order valence-electron chi connectivity index (χ2n) is 3.78. The lowest BCUT2D eigenvalue weighted by Crippen LogP contribution is -2.22. The highest BCUT2D eigenvalue weighted by atomic mass is 16.7. The molecule has 1 unspecified atom stereocenters. The Bertz CT molecular complexity index is 588. The third kappa shape index (κ3) is 1.59. The van der Waals surface area contributed by atoms with E-state index in [-0.39, 0.29) is 0 Å². The fraction of sp³-hybridized carbons (Fsp3) is 0.333. The van der Waals surface area contributed by atoms with Gasteiger partial charge in [-0.3, -0.25) is 0 Å². The van der Waals surface area contributed by atoms with Crippen LogP contribution < -0.4 is 0 Å². The lowest BCUT2D eigenvalue weighted by molar-refractivity contribution is -0.138. The molecule has 0 radical (unpaired) electrons. The Morgan fingerprint density at radius 2 is 2.24 bits per heavy atom. The summed E-state index contributed by atoms with van der Waals surface area (Å²) in [4.78, 5) is 8.73. The number of benzene rings is 1. The minimum Gasteiger partial charge on any atom is -0.433 e. The van der Waals surface area contributed by atoms with Crippen molar-refractivity contribution in [2.75, 3.05) is 6.61 Å². The molecule has 1 aromatic carbocycles. The summed E-state index contributed by atoms with van der Waals surface area (Å²) in [6.07, 6.45) is -0.472. The van der Waals surface area contributed by atoms with E-state index < -0.39 is 6.41 Å². The highest BCUT2D eigenvalue weighted by molar-refractivity contribution is 5.82. The summed E-state index contributed by atoms with van der Waals surface area (Å²) in [5.74, 6) is 1.21. The quantitative estimate of drug-likeness (QED) is 0.798. The zero-order valence-corrected chi connectivity index (χ0v) is 9.75. The van der Waals surface area contributed by atoms with Gasteiger partial charge in [0.2, 0.25) is 5.95 Å². The maximum atomic E-state index is 5.57. The first-order valence-electron chi connectivity index (χ1n) is 5.60. The van der Waals surface area contributed by atoms with Crippen molar-refractivity contribution in [2.24, 2.45) is 4.99 Å². The van der Waals surface area contributed by atoms with Crippen LogP contribution in [0.3, 0.4) is 0 Å². The van der Waals surface area contributed by atoms with Gasteiger partial charge in [0, 0.05) is 13.5 Å². The number of hydrogen-bond acceptors (Lipinski definition) is 4. The first-order chi connectivity index (χ1) is 8.29. The Morgan fingerprint density at radius 1 is 1.41 bits per heavy atom. The molecule has 0 aliphatic carbocycles. The van der Waals surface area contributed by atoms with Gasteiger partial charge in [0.05, 0.1) is 11.0 Å². The molecule has 1 aliphatic heterocycles. The summed E-state index contributed by atoms with van der Waals surface area (Å²) in [7, 11) is 0. The first-order valence-corrected chi connectivity index (χ1v) is 5.60. The average molecular weight is 231 g/mol. The van der Waals surface area contributed by atoms with Gasteiger partial charge in [0.25, 0.3) is 6.41 Å². The average Bonchev–Trinajstić information content (AvgIpc) is 2.67. The second kappa shape index (κ2) is 3.85. The summed E-state index contributed by atoms with van der Waals surface area (Å²) in [6.45, 7) is 4.31. The number of hydrogen-bond donors (Lipinski definition) is 0. The summed E-state index contributed by atoms with van der Waals surface area (Å²) >= 11 is 0. The Labute approximate surface area is 98.7 Å². The molecular formula is C12H13N3O2. The van der Waals surface area contributed by atoms with Gasteiger partial charge in [0.15, 0.2) is 5.90 Å². The van der Waals surface area contributed by atoms with Crippen LogP contribution in [-0.4, -0.2) is 22.1 Å². The van der Waals surface area contributed by atoms with E-state index in [4.69, 9.17) is 9.47 Å². The van der Waals surface area contributed by atoms with Crippen molar-refractivity contribution in [2.45, 2.75) is 20.3 Å². The number of aliphatic imine (C=N–C) groups is 1. The van der Waals surface area contributed by atoms with Gasteiger partial charge in [-0.15, -0.1) is 0 Å². The van der Waals surface area contributed by atoms with Crippen LogP contribution in [-0.2, 0) is 9.47 Å². The zero-order valence-electron chi connectivity index (χ0n) is 9.75. The van der Waals surface area contributed by atoms with Crippen LogP contribution in [0.2, 0.25) is 0 Å². The van der Waals surface area contributed by atoms with Crippen molar-refractivity contribution >= 4 is 22.9 Å². The molecule has 1 atom stereocenters. The molecule has 3 rings (SSSR count). The number of rotatable bonds is 2. The Kier molecular flexibility index (Phi) is 2.33. The summed E-state index contributed by atoms with van der Waals surface area (Å²) in [6, 6.07) is 7.85. The van der Waals surface area contributed by atoms with Gasteiger partial charge in [-0.05, 0) is 19.1 Å². The standard InChI is InChI=1S/C12H13N3O2/c1-3-16-12-15-10-7-5-4-6-9(10)14-11(15)13-8(2)17-12/h4-7,12H,3H2,1-2H3. The lowest BCUT2D eigenvalue weighted by Gasteiger charge is -2.24. The molecule has 0 amide bonds. The molecule has 17 heavy (non-hydrogen) atoms. The van der Waals surface area contributed by atoms with Crippen molar-refractivity contribution in [1.82, 2.24) is 9.55 Å². The number of fused-ring (bicyclic) bond motifs is 3. The maximum absolute atomic E-state index is 5.57. The monoisotopic (exact) mass is 231 g/mol.